The van der Waals surface area contributed by atoms with E-state index in [0.29, 0.717) is 36.8 Å². The molecule has 0 atom stereocenters. The number of benzene rings is 3. The normalized spacial score (nSPS) is 10.3. The summed E-state index contributed by atoms with van der Waals surface area (Å²) in [6, 6.07) is 23.1. The molecule has 0 spiro atoms. The maximum Gasteiger partial charge on any atom is 0.338 e. The van der Waals surface area contributed by atoms with E-state index in [2.05, 4.69) is 5.32 Å². The van der Waals surface area contributed by atoms with E-state index in [1.807, 2.05) is 60.7 Å². The lowest BCUT2D eigenvalue weighted by Crippen LogP contribution is -2.05. The molecule has 5 nitrogen and oxygen atoms in total. The molecule has 3 aromatic rings. The fraction of sp³-hybridized carbons (Fsp3) is 0.208. The predicted octanol–water partition coefficient (Wildman–Crippen LogP) is 5.06. The molecule has 0 amide bonds. The van der Waals surface area contributed by atoms with Gasteiger partial charge in [-0.1, -0.05) is 36.4 Å². The molecule has 3 aromatic carbocycles. The van der Waals surface area contributed by atoms with Crippen molar-refractivity contribution in [3.8, 4) is 11.5 Å². The Labute approximate surface area is 171 Å². The third-order valence-corrected chi connectivity index (χ3v) is 4.36. The summed E-state index contributed by atoms with van der Waals surface area (Å²) in [7, 11) is 1.63. The first-order valence-electron chi connectivity index (χ1n) is 9.54. The highest BCUT2D eigenvalue weighted by atomic mass is 16.5. The number of anilines is 1. The van der Waals surface area contributed by atoms with Crippen LogP contribution < -0.4 is 14.8 Å². The molecule has 0 unspecified atom stereocenters. The van der Waals surface area contributed by atoms with Crippen LogP contribution in [-0.2, 0) is 17.9 Å². The number of carbonyl (C=O) groups excluding carboxylic acids is 1. The Morgan fingerprint density at radius 1 is 0.897 bits per heavy atom. The van der Waals surface area contributed by atoms with E-state index in [1.165, 1.54) is 0 Å². The first-order chi connectivity index (χ1) is 14.2. The average molecular weight is 391 g/mol. The van der Waals surface area contributed by atoms with Crippen LogP contribution in [0.4, 0.5) is 5.69 Å². The molecule has 0 radical (unpaired) electrons. The molecule has 0 heterocycles. The van der Waals surface area contributed by atoms with Crippen molar-refractivity contribution in [2.24, 2.45) is 0 Å². The Morgan fingerprint density at radius 2 is 1.66 bits per heavy atom. The number of ether oxygens (including phenoxy) is 3. The van der Waals surface area contributed by atoms with Crippen molar-refractivity contribution in [3.63, 3.8) is 0 Å². The predicted molar refractivity (Wildman–Crippen MR) is 113 cm³/mol. The van der Waals surface area contributed by atoms with Gasteiger partial charge in [0.2, 0.25) is 0 Å². The van der Waals surface area contributed by atoms with Gasteiger partial charge in [-0.2, -0.15) is 0 Å². The van der Waals surface area contributed by atoms with Crippen molar-refractivity contribution in [2.45, 2.75) is 20.1 Å². The highest BCUT2D eigenvalue weighted by molar-refractivity contribution is 5.89. The summed E-state index contributed by atoms with van der Waals surface area (Å²) in [5, 5.41) is 3.34. The van der Waals surface area contributed by atoms with Crippen LogP contribution in [0.1, 0.15) is 28.4 Å². The Hall–Kier alpha value is -3.47. The van der Waals surface area contributed by atoms with E-state index in [4.69, 9.17) is 14.2 Å². The number of hydrogen-bond donors (Lipinski definition) is 1. The van der Waals surface area contributed by atoms with Crippen LogP contribution >= 0.6 is 0 Å². The molecule has 0 bridgehead atoms. The van der Waals surface area contributed by atoms with Crippen LogP contribution in [-0.4, -0.2) is 19.7 Å². The van der Waals surface area contributed by atoms with Gasteiger partial charge in [-0.15, -0.1) is 0 Å². The number of esters is 1. The molecular formula is C24H25NO4. The number of hydrogen-bond acceptors (Lipinski definition) is 5. The van der Waals surface area contributed by atoms with Gasteiger partial charge in [0.15, 0.2) is 11.5 Å². The summed E-state index contributed by atoms with van der Waals surface area (Å²) in [5.74, 6) is 1.09. The molecule has 5 heteroatoms. The van der Waals surface area contributed by atoms with Gasteiger partial charge in [0.25, 0.3) is 0 Å². The Balaban J connectivity index is 1.59. The summed E-state index contributed by atoms with van der Waals surface area (Å²) in [6.07, 6.45) is 0. The average Bonchev–Trinajstić information content (AvgIpc) is 2.77. The minimum absolute atomic E-state index is 0.310. The molecule has 0 aliphatic heterocycles. The second-order valence-corrected chi connectivity index (χ2v) is 6.41. The van der Waals surface area contributed by atoms with E-state index < -0.39 is 0 Å². The highest BCUT2D eigenvalue weighted by Crippen LogP contribution is 2.29. The standard InChI is InChI=1S/C24H25NO4/c1-3-28-24(26)20-10-12-21(13-11-20)25-16-19-9-14-22(23(15-19)27-2)29-17-18-7-5-4-6-8-18/h4-15,25H,3,16-17H2,1-2H3. The van der Waals surface area contributed by atoms with Gasteiger partial charge in [0.1, 0.15) is 6.61 Å². The van der Waals surface area contributed by atoms with E-state index in [-0.39, 0.29) is 5.97 Å². The lowest BCUT2D eigenvalue weighted by atomic mass is 10.1. The summed E-state index contributed by atoms with van der Waals surface area (Å²) in [5.41, 5.74) is 3.62. The first kappa shape index (κ1) is 20.3. The zero-order valence-electron chi connectivity index (χ0n) is 16.7. The summed E-state index contributed by atoms with van der Waals surface area (Å²) in [4.78, 5) is 11.7. The molecule has 1 N–H and O–H groups in total. The van der Waals surface area contributed by atoms with E-state index in [9.17, 15) is 4.79 Å². The van der Waals surface area contributed by atoms with Gasteiger partial charge >= 0.3 is 5.97 Å². The zero-order chi connectivity index (χ0) is 20.5. The largest absolute Gasteiger partial charge is 0.493 e. The van der Waals surface area contributed by atoms with E-state index in [1.54, 1.807) is 26.2 Å². The molecule has 150 valence electrons. The Morgan fingerprint density at radius 3 is 2.34 bits per heavy atom. The van der Waals surface area contributed by atoms with Gasteiger partial charge < -0.3 is 19.5 Å². The summed E-state index contributed by atoms with van der Waals surface area (Å²) >= 11 is 0. The number of carbonyl (C=O) groups is 1. The molecule has 0 aliphatic carbocycles. The summed E-state index contributed by atoms with van der Waals surface area (Å²) < 4.78 is 16.4. The van der Waals surface area contributed by atoms with Gasteiger partial charge in [-0.05, 0) is 54.4 Å². The minimum atomic E-state index is -0.310. The third kappa shape index (κ3) is 5.75. The van der Waals surface area contributed by atoms with E-state index >= 15 is 0 Å². The lowest BCUT2D eigenvalue weighted by Gasteiger charge is -2.13. The van der Waals surface area contributed by atoms with Crippen molar-refractivity contribution >= 4 is 11.7 Å². The maximum absolute atomic E-state index is 11.7. The molecule has 0 saturated carbocycles. The Bertz CT molecular complexity index is 923. The SMILES string of the molecule is CCOC(=O)c1ccc(NCc2ccc(OCc3ccccc3)c(OC)c2)cc1. The van der Waals surface area contributed by atoms with Crippen LogP contribution in [0.3, 0.4) is 0 Å². The molecular weight excluding hydrogens is 366 g/mol. The number of methoxy groups -OCH3 is 1. The molecule has 0 aliphatic rings. The van der Waals surface area contributed by atoms with Crippen LogP contribution in [0.5, 0.6) is 11.5 Å². The lowest BCUT2D eigenvalue weighted by molar-refractivity contribution is 0.0526. The molecule has 0 fully saturated rings. The minimum Gasteiger partial charge on any atom is -0.493 e. The first-order valence-corrected chi connectivity index (χ1v) is 9.54. The van der Waals surface area contributed by atoms with Crippen molar-refractivity contribution in [1.29, 1.82) is 0 Å². The Kier molecular flexibility index (Phi) is 7.11. The fourth-order valence-corrected chi connectivity index (χ4v) is 2.82. The zero-order valence-corrected chi connectivity index (χ0v) is 16.7. The maximum atomic E-state index is 11.7. The molecule has 0 saturated heterocycles. The van der Waals surface area contributed by atoms with Crippen molar-refractivity contribution in [2.75, 3.05) is 19.0 Å². The molecule has 29 heavy (non-hydrogen) atoms. The van der Waals surface area contributed by atoms with Crippen molar-refractivity contribution < 1.29 is 19.0 Å². The second kappa shape index (κ2) is 10.2. The van der Waals surface area contributed by atoms with Gasteiger partial charge in [-0.3, -0.25) is 0 Å². The smallest absolute Gasteiger partial charge is 0.338 e. The monoisotopic (exact) mass is 391 g/mol. The van der Waals surface area contributed by atoms with Gasteiger partial charge in [0.05, 0.1) is 19.3 Å². The highest BCUT2D eigenvalue weighted by Gasteiger charge is 2.08. The van der Waals surface area contributed by atoms with Crippen LogP contribution in [0.15, 0.2) is 72.8 Å². The molecule has 0 aromatic heterocycles. The molecule has 3 rings (SSSR count). The van der Waals surface area contributed by atoms with Gasteiger partial charge in [-0.25, -0.2) is 4.79 Å². The van der Waals surface area contributed by atoms with Crippen molar-refractivity contribution in [1.82, 2.24) is 0 Å². The van der Waals surface area contributed by atoms with Gasteiger partial charge in [0, 0.05) is 12.2 Å². The van der Waals surface area contributed by atoms with E-state index in [0.717, 1.165) is 16.8 Å². The number of nitrogens with one attached hydrogen (secondary N) is 1. The quantitative estimate of drug-likeness (QED) is 0.517. The van der Waals surface area contributed by atoms with Crippen molar-refractivity contribution in [3.05, 3.63) is 89.5 Å². The fourth-order valence-electron chi connectivity index (χ4n) is 2.82. The van der Waals surface area contributed by atoms with Crippen LogP contribution in [0.2, 0.25) is 0 Å². The summed E-state index contributed by atoms with van der Waals surface area (Å²) in [6.45, 7) is 3.27. The number of rotatable bonds is 9. The topological polar surface area (TPSA) is 56.8 Å². The second-order valence-electron chi connectivity index (χ2n) is 6.41. The third-order valence-electron chi connectivity index (χ3n) is 4.36. The van der Waals surface area contributed by atoms with Crippen LogP contribution in [0, 0.1) is 0 Å². The van der Waals surface area contributed by atoms with Crippen LogP contribution in [0.25, 0.3) is 0 Å².